The molecule has 0 aliphatic rings. The van der Waals surface area contributed by atoms with E-state index in [4.69, 9.17) is 0 Å². The number of rotatable bonds is 4. The molecule has 0 unspecified atom stereocenters. The maximum Gasteiger partial charge on any atom is 0.121 e. The van der Waals surface area contributed by atoms with Gasteiger partial charge in [0.15, 0.2) is 0 Å². The van der Waals surface area contributed by atoms with Crippen LogP contribution in [0.25, 0.3) is 77.2 Å². The van der Waals surface area contributed by atoms with E-state index in [1.54, 1.807) is 0 Å². The van der Waals surface area contributed by atoms with Crippen LogP contribution in [0, 0.1) is 0 Å². The number of aromatic nitrogens is 6. The van der Waals surface area contributed by atoms with E-state index in [1.165, 1.54) is 11.1 Å². The van der Waals surface area contributed by atoms with Gasteiger partial charge in [-0.25, -0.2) is 9.36 Å². The third kappa shape index (κ3) is 3.75. The molecule has 9 rings (SSSR count). The van der Waals surface area contributed by atoms with Crippen LogP contribution < -0.4 is 0 Å². The quantitative estimate of drug-likeness (QED) is 0.214. The first-order valence-electron chi connectivity index (χ1n) is 14.6. The van der Waals surface area contributed by atoms with E-state index in [1.807, 2.05) is 70.0 Å². The number of hydrogen-bond donors (Lipinski definition) is 0. The van der Waals surface area contributed by atoms with Gasteiger partial charge in [-0.3, -0.25) is 0 Å². The van der Waals surface area contributed by atoms with Crippen LogP contribution >= 0.6 is 0 Å². The summed E-state index contributed by atoms with van der Waals surface area (Å²) < 4.78 is 3.80. The Morgan fingerprint density at radius 2 is 0.773 bits per heavy atom. The second-order valence-corrected chi connectivity index (χ2v) is 10.9. The highest BCUT2D eigenvalue weighted by molar-refractivity contribution is 6.11. The van der Waals surface area contributed by atoms with E-state index in [2.05, 4.69) is 106 Å². The molecule has 0 aliphatic heterocycles. The molecule has 9 aromatic rings. The molecule has 0 saturated carbocycles. The zero-order valence-corrected chi connectivity index (χ0v) is 23.5. The van der Waals surface area contributed by atoms with Crippen molar-refractivity contribution in [1.82, 2.24) is 30.0 Å². The van der Waals surface area contributed by atoms with Gasteiger partial charge in [0.1, 0.15) is 11.0 Å². The minimum Gasteiger partial charge on any atom is -0.213 e. The predicted octanol–water partition coefficient (Wildman–Crippen LogP) is 8.79. The average molecular weight is 565 g/mol. The molecular formula is C38H24N6. The van der Waals surface area contributed by atoms with Crippen LogP contribution in [-0.4, -0.2) is 30.0 Å². The van der Waals surface area contributed by atoms with E-state index >= 15 is 0 Å². The fourth-order valence-corrected chi connectivity index (χ4v) is 6.34. The third-order valence-corrected chi connectivity index (χ3v) is 8.46. The fourth-order valence-electron chi connectivity index (χ4n) is 6.34. The van der Waals surface area contributed by atoms with Crippen molar-refractivity contribution < 1.29 is 0 Å². The fraction of sp³-hybridized carbons (Fsp3) is 0. The largest absolute Gasteiger partial charge is 0.213 e. The lowest BCUT2D eigenvalue weighted by atomic mass is 9.94. The Kier molecular flexibility index (Phi) is 5.40. The summed E-state index contributed by atoms with van der Waals surface area (Å²) in [6.45, 7) is 0. The van der Waals surface area contributed by atoms with E-state index in [0.29, 0.717) is 0 Å². The van der Waals surface area contributed by atoms with Crippen LogP contribution in [0.2, 0.25) is 0 Å². The zero-order valence-electron chi connectivity index (χ0n) is 23.5. The molecule has 0 spiro atoms. The summed E-state index contributed by atoms with van der Waals surface area (Å²) in [7, 11) is 0. The lowest BCUT2D eigenvalue weighted by Gasteiger charge is -2.11. The molecule has 0 saturated heterocycles. The molecule has 0 amide bonds. The average Bonchev–Trinajstić information content (AvgIpc) is 3.74. The monoisotopic (exact) mass is 564 g/mol. The van der Waals surface area contributed by atoms with Gasteiger partial charge in [-0.1, -0.05) is 120 Å². The molecule has 2 aromatic heterocycles. The lowest BCUT2D eigenvalue weighted by molar-refractivity contribution is 0.824. The van der Waals surface area contributed by atoms with Crippen LogP contribution in [0.1, 0.15) is 0 Å². The Balaban J connectivity index is 1.11. The molecule has 0 N–H and O–H groups in total. The predicted molar refractivity (Wildman–Crippen MR) is 177 cm³/mol. The van der Waals surface area contributed by atoms with Crippen LogP contribution in [0.4, 0.5) is 0 Å². The second kappa shape index (κ2) is 9.71. The standard InChI is InChI=1S/C38H24N6/c1-3-9-27(10-4-1)43-35-23-21-31-29(13-7-15-33(31)37(35)39-41-43)25-17-19-26(20-18-25)30-14-8-16-34-32(30)22-24-36-38(34)40-42-44(36)28-11-5-2-6-12-28/h1-24H. The van der Waals surface area contributed by atoms with Gasteiger partial charge in [0.25, 0.3) is 0 Å². The highest BCUT2D eigenvalue weighted by atomic mass is 15.4. The number of para-hydroxylation sites is 2. The molecule has 0 bridgehead atoms. The minimum absolute atomic E-state index is 0.899. The van der Waals surface area contributed by atoms with Gasteiger partial charge in [-0.15, -0.1) is 10.2 Å². The normalized spacial score (nSPS) is 11.6. The van der Waals surface area contributed by atoms with E-state index in [-0.39, 0.29) is 0 Å². The number of nitrogens with zero attached hydrogens (tertiary/aromatic N) is 6. The maximum absolute atomic E-state index is 4.58. The highest BCUT2D eigenvalue weighted by Crippen LogP contribution is 2.36. The van der Waals surface area contributed by atoms with Gasteiger partial charge in [0.2, 0.25) is 0 Å². The van der Waals surface area contributed by atoms with Crippen molar-refractivity contribution in [2.75, 3.05) is 0 Å². The van der Waals surface area contributed by atoms with Crippen molar-refractivity contribution in [3.05, 3.63) is 146 Å². The maximum atomic E-state index is 4.58. The molecule has 7 aromatic carbocycles. The van der Waals surface area contributed by atoms with Crippen molar-refractivity contribution in [3.63, 3.8) is 0 Å². The summed E-state index contributed by atoms with van der Waals surface area (Å²) in [6.07, 6.45) is 0. The van der Waals surface area contributed by atoms with E-state index in [9.17, 15) is 0 Å². The van der Waals surface area contributed by atoms with Gasteiger partial charge in [0, 0.05) is 10.8 Å². The molecule has 6 heteroatoms. The number of benzene rings is 7. The van der Waals surface area contributed by atoms with Crippen molar-refractivity contribution in [1.29, 1.82) is 0 Å². The van der Waals surface area contributed by atoms with Crippen LogP contribution in [-0.2, 0) is 0 Å². The molecule has 0 radical (unpaired) electrons. The molecule has 6 nitrogen and oxygen atoms in total. The minimum atomic E-state index is 0.899. The Labute approximate surface area is 252 Å². The summed E-state index contributed by atoms with van der Waals surface area (Å²) in [5.74, 6) is 0. The van der Waals surface area contributed by atoms with Gasteiger partial charge in [-0.2, -0.15) is 0 Å². The number of fused-ring (bicyclic) bond motifs is 6. The van der Waals surface area contributed by atoms with Gasteiger partial charge in [-0.05, 0) is 69.4 Å². The van der Waals surface area contributed by atoms with Crippen molar-refractivity contribution in [2.45, 2.75) is 0 Å². The van der Waals surface area contributed by atoms with E-state index < -0.39 is 0 Å². The van der Waals surface area contributed by atoms with Gasteiger partial charge >= 0.3 is 0 Å². The molecule has 44 heavy (non-hydrogen) atoms. The summed E-state index contributed by atoms with van der Waals surface area (Å²) in [4.78, 5) is 0. The molecule has 206 valence electrons. The van der Waals surface area contributed by atoms with Crippen molar-refractivity contribution in [3.8, 4) is 33.6 Å². The Hall–Kier alpha value is -6.14. The van der Waals surface area contributed by atoms with Crippen molar-refractivity contribution in [2.24, 2.45) is 0 Å². The smallest absolute Gasteiger partial charge is 0.121 e. The molecule has 2 heterocycles. The first-order valence-corrected chi connectivity index (χ1v) is 14.6. The van der Waals surface area contributed by atoms with E-state index in [0.717, 1.165) is 66.1 Å². The Morgan fingerprint density at radius 3 is 1.20 bits per heavy atom. The Bertz CT molecular complexity index is 2300. The molecule has 0 aliphatic carbocycles. The summed E-state index contributed by atoms with van der Waals surface area (Å²) in [5.41, 5.74) is 10.4. The first kappa shape index (κ1) is 24.5. The topological polar surface area (TPSA) is 61.4 Å². The van der Waals surface area contributed by atoms with Crippen LogP contribution in [0.15, 0.2) is 146 Å². The lowest BCUT2D eigenvalue weighted by Crippen LogP contribution is -1.95. The molecular weight excluding hydrogens is 540 g/mol. The number of hydrogen-bond acceptors (Lipinski definition) is 4. The first-order chi connectivity index (χ1) is 21.8. The zero-order chi connectivity index (χ0) is 29.0. The molecule has 0 fully saturated rings. The van der Waals surface area contributed by atoms with Crippen LogP contribution in [0.3, 0.4) is 0 Å². The van der Waals surface area contributed by atoms with Crippen LogP contribution in [0.5, 0.6) is 0 Å². The van der Waals surface area contributed by atoms with Crippen molar-refractivity contribution >= 4 is 43.6 Å². The summed E-state index contributed by atoms with van der Waals surface area (Å²) >= 11 is 0. The highest BCUT2D eigenvalue weighted by Gasteiger charge is 2.15. The van der Waals surface area contributed by atoms with Gasteiger partial charge in [0.05, 0.1) is 22.4 Å². The third-order valence-electron chi connectivity index (χ3n) is 8.46. The summed E-state index contributed by atoms with van der Waals surface area (Å²) in [5, 5.41) is 22.6. The molecule has 0 atom stereocenters. The Morgan fingerprint density at radius 1 is 0.341 bits per heavy atom. The van der Waals surface area contributed by atoms with Gasteiger partial charge < -0.3 is 0 Å². The second-order valence-electron chi connectivity index (χ2n) is 10.9. The SMILES string of the molecule is c1ccc(-n2nnc3c4cccc(-c5ccc(-c6cccc7c6ccc6c7nnn6-c6ccccc6)cc5)c4ccc32)cc1. The summed E-state index contributed by atoms with van der Waals surface area (Å²) in [6, 6.07) is 50.5.